The number of hydrogen-bond acceptors (Lipinski definition) is 3. The van der Waals surface area contributed by atoms with E-state index in [9.17, 15) is 0 Å². The predicted molar refractivity (Wildman–Crippen MR) is 74.0 cm³/mol. The van der Waals surface area contributed by atoms with Gasteiger partial charge in [0.05, 0.1) is 12.0 Å². The monoisotopic (exact) mass is 345 g/mol. The molecule has 0 aliphatic carbocycles. The van der Waals surface area contributed by atoms with E-state index in [1.807, 2.05) is 6.92 Å². The van der Waals surface area contributed by atoms with Crippen molar-refractivity contribution in [2.75, 3.05) is 6.54 Å². The van der Waals surface area contributed by atoms with Crippen LogP contribution < -0.4 is 5.73 Å². The van der Waals surface area contributed by atoms with Gasteiger partial charge in [0.1, 0.15) is 0 Å². The van der Waals surface area contributed by atoms with Gasteiger partial charge >= 0.3 is 0 Å². The minimum Gasteiger partial charge on any atom is -0.348 e. The summed E-state index contributed by atoms with van der Waals surface area (Å²) in [5.41, 5.74) is 7.56. The van der Waals surface area contributed by atoms with E-state index in [-0.39, 0.29) is 39.2 Å². The van der Waals surface area contributed by atoms with E-state index in [0.29, 0.717) is 0 Å². The Hall–Kier alpha value is 0.480. The molecule has 0 fully saturated rings. The van der Waals surface area contributed by atoms with Crippen LogP contribution in [0.15, 0.2) is 6.33 Å². The zero-order valence-corrected chi connectivity index (χ0v) is 12.4. The van der Waals surface area contributed by atoms with Crippen molar-refractivity contribution in [3.05, 3.63) is 17.7 Å². The number of imidazole rings is 1. The summed E-state index contributed by atoms with van der Waals surface area (Å²) in [7, 11) is 0. The number of nitrogens with two attached hydrogens (primary N) is 1. The lowest BCUT2D eigenvalue weighted by Crippen LogP contribution is -2.01. The zero-order chi connectivity index (χ0) is 8.97. The Morgan fingerprint density at radius 2 is 2.21 bits per heavy atom. The maximum atomic E-state index is 5.41. The molecule has 0 saturated carbocycles. The normalized spacial score (nSPS) is 11.4. The first-order valence-electron chi connectivity index (χ1n) is 4.13. The second-order valence-electron chi connectivity index (χ2n) is 2.86. The Bertz CT molecular complexity index is 242. The lowest BCUT2D eigenvalue weighted by molar-refractivity contribution is 0.722. The van der Waals surface area contributed by atoms with E-state index in [1.54, 1.807) is 6.33 Å². The van der Waals surface area contributed by atoms with Crippen LogP contribution in [0, 0.1) is 6.92 Å². The molecule has 0 aliphatic rings. The minimum atomic E-state index is 0. The van der Waals surface area contributed by atoms with Crippen molar-refractivity contribution in [1.29, 1.82) is 0 Å². The van der Waals surface area contributed by atoms with Crippen molar-refractivity contribution in [3.8, 4) is 0 Å². The molecular weight excluding hydrogens is 330 g/mol. The third kappa shape index (κ3) is 4.82. The molecule has 14 heavy (non-hydrogen) atoms. The summed E-state index contributed by atoms with van der Waals surface area (Å²) in [5, 5.41) is 0.222. The highest BCUT2D eigenvalue weighted by atomic mass is 79.9. The SMILES string of the molecule is Br.Br.Cc1[nH]cnc1C(S)CCCN. The molecule has 3 nitrogen and oxygen atoms in total. The number of thiol groups is 1. The molecule has 0 aromatic carbocycles. The van der Waals surface area contributed by atoms with Gasteiger partial charge in [-0.25, -0.2) is 4.98 Å². The van der Waals surface area contributed by atoms with Crippen LogP contribution in [0.5, 0.6) is 0 Å². The second kappa shape index (κ2) is 8.76. The summed E-state index contributed by atoms with van der Waals surface area (Å²) in [5.74, 6) is 0. The van der Waals surface area contributed by atoms with Gasteiger partial charge in [0.25, 0.3) is 0 Å². The number of aryl methyl sites for hydroxylation is 1. The fourth-order valence-corrected chi connectivity index (χ4v) is 1.60. The van der Waals surface area contributed by atoms with Crippen LogP contribution in [0.4, 0.5) is 0 Å². The molecule has 3 N–H and O–H groups in total. The van der Waals surface area contributed by atoms with Crippen LogP contribution in [-0.2, 0) is 0 Å². The summed E-state index contributed by atoms with van der Waals surface area (Å²) >= 11 is 4.45. The standard InChI is InChI=1S/C8H15N3S.2BrH/c1-6-8(11-5-10-6)7(12)3-2-4-9;;/h5,7,12H,2-4,9H2,1H3,(H,10,11);2*1H. The van der Waals surface area contributed by atoms with Crippen LogP contribution >= 0.6 is 46.6 Å². The number of rotatable bonds is 4. The Morgan fingerprint density at radius 1 is 1.57 bits per heavy atom. The molecule has 0 bridgehead atoms. The molecule has 0 aliphatic heterocycles. The fraction of sp³-hybridized carbons (Fsp3) is 0.625. The molecular formula is C8H17Br2N3S. The number of aromatic nitrogens is 2. The Kier molecular flexibility index (Phi) is 10.6. The first kappa shape index (κ1) is 16.9. The van der Waals surface area contributed by atoms with Crippen LogP contribution in [0.1, 0.15) is 29.5 Å². The number of halogens is 2. The van der Waals surface area contributed by atoms with Crippen molar-refractivity contribution in [2.24, 2.45) is 5.73 Å². The van der Waals surface area contributed by atoms with Gasteiger partial charge in [-0.1, -0.05) is 0 Å². The topological polar surface area (TPSA) is 54.7 Å². The van der Waals surface area contributed by atoms with E-state index in [1.165, 1.54) is 0 Å². The van der Waals surface area contributed by atoms with Gasteiger partial charge in [0.2, 0.25) is 0 Å². The summed E-state index contributed by atoms with van der Waals surface area (Å²) in [6.45, 7) is 2.73. The summed E-state index contributed by atoms with van der Waals surface area (Å²) < 4.78 is 0. The molecule has 1 aromatic rings. The Labute approximate surface area is 111 Å². The smallest absolute Gasteiger partial charge is 0.0925 e. The molecule has 1 heterocycles. The summed E-state index contributed by atoms with van der Waals surface area (Å²) in [4.78, 5) is 7.23. The van der Waals surface area contributed by atoms with E-state index >= 15 is 0 Å². The first-order valence-corrected chi connectivity index (χ1v) is 4.65. The molecule has 0 amide bonds. The Balaban J connectivity index is 0. The van der Waals surface area contributed by atoms with Crippen LogP contribution in [-0.4, -0.2) is 16.5 Å². The fourth-order valence-electron chi connectivity index (χ4n) is 1.15. The summed E-state index contributed by atoms with van der Waals surface area (Å²) in [6.07, 6.45) is 3.70. The van der Waals surface area contributed by atoms with Crippen LogP contribution in [0.3, 0.4) is 0 Å². The maximum absolute atomic E-state index is 5.41. The molecule has 6 heteroatoms. The van der Waals surface area contributed by atoms with Gasteiger partial charge in [0, 0.05) is 10.9 Å². The first-order chi connectivity index (χ1) is 5.75. The summed E-state index contributed by atoms with van der Waals surface area (Å²) in [6, 6.07) is 0. The number of hydrogen-bond donors (Lipinski definition) is 3. The molecule has 1 unspecified atom stereocenters. The number of nitrogens with one attached hydrogen (secondary N) is 1. The van der Waals surface area contributed by atoms with Gasteiger partial charge < -0.3 is 10.7 Å². The predicted octanol–water partition coefficient (Wildman–Crippen LogP) is 2.58. The highest BCUT2D eigenvalue weighted by molar-refractivity contribution is 8.93. The van der Waals surface area contributed by atoms with E-state index in [4.69, 9.17) is 5.73 Å². The van der Waals surface area contributed by atoms with Crippen molar-refractivity contribution >= 4 is 46.6 Å². The maximum Gasteiger partial charge on any atom is 0.0925 e. The quantitative estimate of drug-likeness (QED) is 0.734. The molecule has 1 rings (SSSR count). The van der Waals surface area contributed by atoms with Gasteiger partial charge in [0.15, 0.2) is 0 Å². The van der Waals surface area contributed by atoms with Crippen molar-refractivity contribution in [1.82, 2.24) is 9.97 Å². The van der Waals surface area contributed by atoms with E-state index in [0.717, 1.165) is 30.8 Å². The van der Waals surface area contributed by atoms with E-state index in [2.05, 4.69) is 22.6 Å². The highest BCUT2D eigenvalue weighted by Crippen LogP contribution is 2.24. The molecule has 1 atom stereocenters. The molecule has 0 saturated heterocycles. The minimum absolute atomic E-state index is 0. The lowest BCUT2D eigenvalue weighted by Gasteiger charge is -2.07. The average molecular weight is 347 g/mol. The highest BCUT2D eigenvalue weighted by Gasteiger charge is 2.10. The van der Waals surface area contributed by atoms with Gasteiger partial charge in [-0.3, -0.25) is 0 Å². The van der Waals surface area contributed by atoms with E-state index < -0.39 is 0 Å². The number of aromatic amines is 1. The zero-order valence-electron chi connectivity index (χ0n) is 8.06. The van der Waals surface area contributed by atoms with Gasteiger partial charge in [-0.2, -0.15) is 12.6 Å². The average Bonchev–Trinajstić information content (AvgIpc) is 2.47. The third-order valence-corrected chi connectivity index (χ3v) is 2.37. The molecule has 0 spiro atoms. The van der Waals surface area contributed by atoms with Crippen LogP contribution in [0.2, 0.25) is 0 Å². The lowest BCUT2D eigenvalue weighted by atomic mass is 10.1. The van der Waals surface area contributed by atoms with Gasteiger partial charge in [-0.05, 0) is 26.3 Å². The Morgan fingerprint density at radius 3 is 2.64 bits per heavy atom. The number of nitrogens with zero attached hydrogens (tertiary/aromatic N) is 1. The van der Waals surface area contributed by atoms with Crippen molar-refractivity contribution < 1.29 is 0 Å². The van der Waals surface area contributed by atoms with Gasteiger partial charge in [-0.15, -0.1) is 34.0 Å². The molecule has 0 radical (unpaired) electrons. The van der Waals surface area contributed by atoms with Crippen molar-refractivity contribution in [2.45, 2.75) is 25.0 Å². The van der Waals surface area contributed by atoms with Crippen molar-refractivity contribution in [3.63, 3.8) is 0 Å². The third-order valence-electron chi connectivity index (χ3n) is 1.87. The second-order valence-corrected chi connectivity index (χ2v) is 3.48. The molecule has 84 valence electrons. The number of H-pyrrole nitrogens is 1. The van der Waals surface area contributed by atoms with Crippen LogP contribution in [0.25, 0.3) is 0 Å². The largest absolute Gasteiger partial charge is 0.348 e. The molecule has 1 aromatic heterocycles.